The molecule has 1 rings (SSSR count). The lowest BCUT2D eigenvalue weighted by atomic mass is 9.86. The van der Waals surface area contributed by atoms with Crippen molar-refractivity contribution in [2.24, 2.45) is 16.6 Å². The largest absolute Gasteiger partial charge is 0.370 e. The monoisotopic (exact) mass is 254 g/mol. The molecule has 5 nitrogen and oxygen atoms in total. The van der Waals surface area contributed by atoms with Crippen molar-refractivity contribution < 1.29 is 4.79 Å². The predicted molar refractivity (Wildman–Crippen MR) is 74.3 cm³/mol. The molecule has 1 fully saturated rings. The zero-order chi connectivity index (χ0) is 13.4. The number of nitrogens with two attached hydrogens (primary N) is 1. The van der Waals surface area contributed by atoms with Gasteiger partial charge in [0.25, 0.3) is 0 Å². The predicted octanol–water partition coefficient (Wildman–Crippen LogP) is 0.996. The number of hydrogen-bond donors (Lipinski definition) is 3. The molecule has 1 unspecified atom stereocenters. The average molecular weight is 254 g/mol. The minimum atomic E-state index is 0.0589. The maximum atomic E-state index is 11.5. The lowest BCUT2D eigenvalue weighted by Crippen LogP contribution is -2.37. The molecule has 0 spiro atoms. The summed E-state index contributed by atoms with van der Waals surface area (Å²) < 4.78 is 0. The third-order valence-electron chi connectivity index (χ3n) is 3.42. The molecule has 5 heteroatoms. The summed E-state index contributed by atoms with van der Waals surface area (Å²) in [6, 6.07) is 0.238. The van der Waals surface area contributed by atoms with Crippen LogP contribution in [0.4, 0.5) is 0 Å². The Morgan fingerprint density at radius 2 is 2.22 bits per heavy atom. The van der Waals surface area contributed by atoms with Gasteiger partial charge in [0, 0.05) is 25.6 Å². The van der Waals surface area contributed by atoms with Gasteiger partial charge >= 0.3 is 0 Å². The second-order valence-electron chi connectivity index (χ2n) is 5.08. The van der Waals surface area contributed by atoms with Crippen LogP contribution in [0.3, 0.4) is 0 Å². The van der Waals surface area contributed by atoms with E-state index in [0.29, 0.717) is 18.9 Å². The summed E-state index contributed by atoms with van der Waals surface area (Å²) in [4.78, 5) is 15.8. The molecule has 0 aliphatic heterocycles. The van der Waals surface area contributed by atoms with Crippen LogP contribution >= 0.6 is 0 Å². The number of carbonyl (C=O) groups is 1. The molecular formula is C13H26N4O. The third-order valence-corrected chi connectivity index (χ3v) is 3.42. The van der Waals surface area contributed by atoms with E-state index in [0.717, 1.165) is 18.9 Å². The van der Waals surface area contributed by atoms with Gasteiger partial charge in [-0.05, 0) is 32.1 Å². The highest BCUT2D eigenvalue weighted by atomic mass is 16.1. The molecule has 1 aliphatic carbocycles. The zero-order valence-electron chi connectivity index (χ0n) is 11.5. The molecule has 0 saturated heterocycles. The fraction of sp³-hybridized carbons (Fsp3) is 0.846. The summed E-state index contributed by atoms with van der Waals surface area (Å²) >= 11 is 0. The van der Waals surface area contributed by atoms with E-state index in [1.165, 1.54) is 19.3 Å². The van der Waals surface area contributed by atoms with Crippen LogP contribution in [0.1, 0.15) is 46.0 Å². The molecule has 4 N–H and O–H groups in total. The lowest BCUT2D eigenvalue weighted by molar-refractivity contribution is -0.121. The fourth-order valence-electron chi connectivity index (χ4n) is 1.71. The fourth-order valence-corrected chi connectivity index (χ4v) is 1.71. The first-order chi connectivity index (χ1) is 8.61. The topological polar surface area (TPSA) is 79.5 Å². The van der Waals surface area contributed by atoms with Gasteiger partial charge in [-0.1, -0.05) is 13.3 Å². The number of hydrogen-bond acceptors (Lipinski definition) is 2. The molecule has 18 heavy (non-hydrogen) atoms. The molecule has 1 aliphatic rings. The molecule has 0 heterocycles. The first-order valence-corrected chi connectivity index (χ1v) is 6.95. The van der Waals surface area contributed by atoms with Gasteiger partial charge in [0.1, 0.15) is 0 Å². The van der Waals surface area contributed by atoms with Gasteiger partial charge in [-0.25, -0.2) is 0 Å². The number of nitrogens with one attached hydrogen (secondary N) is 2. The first-order valence-electron chi connectivity index (χ1n) is 6.95. The normalized spacial score (nSPS) is 18.0. The molecule has 1 amide bonds. The van der Waals surface area contributed by atoms with E-state index >= 15 is 0 Å². The van der Waals surface area contributed by atoms with Crippen LogP contribution in [0, 0.1) is 5.92 Å². The van der Waals surface area contributed by atoms with Crippen molar-refractivity contribution in [1.82, 2.24) is 10.6 Å². The van der Waals surface area contributed by atoms with E-state index < -0.39 is 0 Å². The van der Waals surface area contributed by atoms with Gasteiger partial charge in [0.15, 0.2) is 5.96 Å². The van der Waals surface area contributed by atoms with E-state index in [-0.39, 0.29) is 11.9 Å². The van der Waals surface area contributed by atoms with Crippen molar-refractivity contribution in [3.8, 4) is 0 Å². The summed E-state index contributed by atoms with van der Waals surface area (Å²) in [7, 11) is 0. The van der Waals surface area contributed by atoms with Crippen LogP contribution in [0.15, 0.2) is 4.99 Å². The second-order valence-corrected chi connectivity index (χ2v) is 5.08. The van der Waals surface area contributed by atoms with Crippen molar-refractivity contribution in [3.63, 3.8) is 0 Å². The lowest BCUT2D eigenvalue weighted by Gasteiger charge is -2.23. The minimum Gasteiger partial charge on any atom is -0.370 e. The summed E-state index contributed by atoms with van der Waals surface area (Å²) in [6.07, 6.45) is 5.25. The second kappa shape index (κ2) is 7.95. The van der Waals surface area contributed by atoms with Gasteiger partial charge in [0.05, 0.1) is 0 Å². The zero-order valence-corrected chi connectivity index (χ0v) is 11.5. The number of nitrogens with zero attached hydrogens (tertiary/aromatic N) is 1. The Labute approximate surface area is 110 Å². The Kier molecular flexibility index (Phi) is 6.54. The van der Waals surface area contributed by atoms with E-state index in [4.69, 9.17) is 5.73 Å². The van der Waals surface area contributed by atoms with E-state index in [1.807, 2.05) is 13.8 Å². The van der Waals surface area contributed by atoms with Crippen molar-refractivity contribution in [1.29, 1.82) is 0 Å². The number of rotatable bonds is 7. The smallest absolute Gasteiger partial charge is 0.221 e. The molecule has 0 radical (unpaired) electrons. The number of aliphatic imine (C=N–C) groups is 1. The SMILES string of the molecule is CCC(C)NC(=O)CCNC(N)=NCC1CCC1. The van der Waals surface area contributed by atoms with Gasteiger partial charge in [0.2, 0.25) is 5.91 Å². The summed E-state index contributed by atoms with van der Waals surface area (Å²) in [6.45, 7) is 5.41. The van der Waals surface area contributed by atoms with Crippen molar-refractivity contribution in [3.05, 3.63) is 0 Å². The van der Waals surface area contributed by atoms with Crippen LogP contribution in [-0.2, 0) is 4.79 Å². The maximum absolute atomic E-state index is 11.5. The Balaban J connectivity index is 2.06. The quantitative estimate of drug-likeness (QED) is 0.468. The maximum Gasteiger partial charge on any atom is 0.221 e. The Morgan fingerprint density at radius 1 is 1.50 bits per heavy atom. The van der Waals surface area contributed by atoms with Crippen LogP contribution in [0.5, 0.6) is 0 Å². The average Bonchev–Trinajstić information content (AvgIpc) is 2.26. The van der Waals surface area contributed by atoms with Crippen LogP contribution in [0.25, 0.3) is 0 Å². The van der Waals surface area contributed by atoms with E-state index in [1.54, 1.807) is 0 Å². The van der Waals surface area contributed by atoms with Crippen molar-refractivity contribution in [2.45, 2.75) is 52.0 Å². The standard InChI is InChI=1S/C13H26N4O/c1-3-10(2)17-12(18)7-8-15-13(14)16-9-11-5-4-6-11/h10-11H,3-9H2,1-2H3,(H,17,18)(H3,14,15,16). The van der Waals surface area contributed by atoms with E-state index in [9.17, 15) is 4.79 Å². The molecule has 1 saturated carbocycles. The Hall–Kier alpha value is -1.26. The highest BCUT2D eigenvalue weighted by molar-refractivity contribution is 5.80. The number of amides is 1. The van der Waals surface area contributed by atoms with Crippen LogP contribution in [-0.4, -0.2) is 31.0 Å². The highest BCUT2D eigenvalue weighted by Crippen LogP contribution is 2.26. The van der Waals surface area contributed by atoms with Gasteiger partial charge < -0.3 is 16.4 Å². The molecule has 0 aromatic heterocycles. The minimum absolute atomic E-state index is 0.0589. The van der Waals surface area contributed by atoms with Crippen molar-refractivity contribution >= 4 is 11.9 Å². The van der Waals surface area contributed by atoms with E-state index in [2.05, 4.69) is 15.6 Å². The third kappa shape index (κ3) is 5.89. The highest BCUT2D eigenvalue weighted by Gasteiger charge is 2.16. The van der Waals surface area contributed by atoms with Gasteiger partial charge in [-0.2, -0.15) is 0 Å². The van der Waals surface area contributed by atoms with Crippen LogP contribution < -0.4 is 16.4 Å². The van der Waals surface area contributed by atoms with Crippen molar-refractivity contribution in [2.75, 3.05) is 13.1 Å². The summed E-state index contributed by atoms with van der Waals surface area (Å²) in [5.74, 6) is 1.24. The molecule has 0 aromatic rings. The van der Waals surface area contributed by atoms with Gasteiger partial charge in [-0.15, -0.1) is 0 Å². The first kappa shape index (κ1) is 14.8. The van der Waals surface area contributed by atoms with Gasteiger partial charge in [-0.3, -0.25) is 9.79 Å². The molecule has 1 atom stereocenters. The van der Waals surface area contributed by atoms with Crippen LogP contribution in [0.2, 0.25) is 0 Å². The number of guanidine groups is 1. The molecule has 104 valence electrons. The summed E-state index contributed by atoms with van der Waals surface area (Å²) in [5, 5.41) is 5.89. The molecular weight excluding hydrogens is 228 g/mol. The Bertz CT molecular complexity index is 287. The molecule has 0 aromatic carbocycles. The Morgan fingerprint density at radius 3 is 2.78 bits per heavy atom. The summed E-state index contributed by atoms with van der Waals surface area (Å²) in [5.41, 5.74) is 5.72. The number of carbonyl (C=O) groups excluding carboxylic acids is 1. The molecule has 0 bridgehead atoms.